The van der Waals surface area contributed by atoms with Crippen LogP contribution in [0, 0.1) is 18.6 Å². The molecule has 2 aromatic carbocycles. The minimum Gasteiger partial charge on any atom is -0.306 e. The summed E-state index contributed by atoms with van der Waals surface area (Å²) < 4.78 is 26.5. The van der Waals surface area contributed by atoms with Crippen LogP contribution in [0.5, 0.6) is 0 Å². The largest absolute Gasteiger partial charge is 0.306 e. The zero-order chi connectivity index (χ0) is 14.7. The highest BCUT2D eigenvalue weighted by Crippen LogP contribution is 2.20. The molecule has 2 aromatic rings. The Hall–Kier alpha value is -1.45. The van der Waals surface area contributed by atoms with Crippen LogP contribution in [0.2, 0.25) is 5.02 Å². The molecule has 1 atom stereocenters. The lowest BCUT2D eigenvalue weighted by molar-refractivity contribution is 0.518. The van der Waals surface area contributed by atoms with Gasteiger partial charge in [0, 0.05) is 29.2 Å². The van der Waals surface area contributed by atoms with Crippen LogP contribution in [0.25, 0.3) is 0 Å². The van der Waals surface area contributed by atoms with Gasteiger partial charge in [0.05, 0.1) is 0 Å². The number of aryl methyl sites for hydroxylation is 1. The third-order valence-electron chi connectivity index (χ3n) is 3.28. The van der Waals surface area contributed by atoms with Crippen LogP contribution < -0.4 is 5.32 Å². The van der Waals surface area contributed by atoms with Crippen LogP contribution in [-0.4, -0.2) is 0 Å². The highest BCUT2D eigenvalue weighted by Gasteiger charge is 2.11. The average molecular weight is 296 g/mol. The Kier molecular flexibility index (Phi) is 4.73. The van der Waals surface area contributed by atoms with E-state index in [1.807, 2.05) is 32.0 Å². The van der Waals surface area contributed by atoms with E-state index in [9.17, 15) is 8.78 Å². The van der Waals surface area contributed by atoms with Crippen molar-refractivity contribution < 1.29 is 8.78 Å². The normalized spacial score (nSPS) is 12.4. The van der Waals surface area contributed by atoms with Gasteiger partial charge >= 0.3 is 0 Å². The third kappa shape index (κ3) is 3.56. The lowest BCUT2D eigenvalue weighted by Gasteiger charge is -2.15. The number of benzene rings is 2. The van der Waals surface area contributed by atoms with E-state index in [4.69, 9.17) is 11.6 Å². The van der Waals surface area contributed by atoms with Crippen molar-refractivity contribution in [2.75, 3.05) is 0 Å². The molecule has 4 heteroatoms. The van der Waals surface area contributed by atoms with Crippen molar-refractivity contribution in [3.05, 3.63) is 69.7 Å². The van der Waals surface area contributed by atoms with Gasteiger partial charge in [-0.15, -0.1) is 0 Å². The Balaban J connectivity index is 2.04. The fourth-order valence-corrected chi connectivity index (χ4v) is 2.18. The van der Waals surface area contributed by atoms with Crippen LogP contribution in [0.4, 0.5) is 8.78 Å². The summed E-state index contributed by atoms with van der Waals surface area (Å²) in [7, 11) is 0. The van der Waals surface area contributed by atoms with Crippen LogP contribution in [0.15, 0.2) is 36.4 Å². The first-order chi connectivity index (χ1) is 9.47. The van der Waals surface area contributed by atoms with Gasteiger partial charge in [-0.1, -0.05) is 29.8 Å². The lowest BCUT2D eigenvalue weighted by Crippen LogP contribution is -2.19. The summed E-state index contributed by atoms with van der Waals surface area (Å²) in [5.74, 6) is -1.10. The fourth-order valence-electron chi connectivity index (χ4n) is 1.98. The van der Waals surface area contributed by atoms with Gasteiger partial charge in [0.2, 0.25) is 0 Å². The Morgan fingerprint density at radius 3 is 2.55 bits per heavy atom. The summed E-state index contributed by atoms with van der Waals surface area (Å²) in [5.41, 5.74) is 2.49. The molecule has 0 aliphatic rings. The summed E-state index contributed by atoms with van der Waals surface area (Å²) in [4.78, 5) is 0. The smallest absolute Gasteiger partial charge is 0.130 e. The van der Waals surface area contributed by atoms with Crippen molar-refractivity contribution in [2.45, 2.75) is 26.4 Å². The van der Waals surface area contributed by atoms with Crippen molar-refractivity contribution >= 4 is 11.6 Å². The average Bonchev–Trinajstić information content (AvgIpc) is 2.40. The van der Waals surface area contributed by atoms with Gasteiger partial charge in [-0.3, -0.25) is 0 Å². The van der Waals surface area contributed by atoms with E-state index in [0.29, 0.717) is 17.1 Å². The number of hydrogen-bond acceptors (Lipinski definition) is 1. The highest BCUT2D eigenvalue weighted by atomic mass is 35.5. The zero-order valence-corrected chi connectivity index (χ0v) is 12.1. The SMILES string of the molecule is Cc1ccc(CNC(C)c2ccc(F)cc2F)cc1Cl. The molecule has 1 unspecified atom stereocenters. The van der Waals surface area contributed by atoms with Crippen LogP contribution >= 0.6 is 11.6 Å². The minimum absolute atomic E-state index is 0.212. The van der Waals surface area contributed by atoms with Crippen molar-refractivity contribution in [2.24, 2.45) is 0 Å². The Morgan fingerprint density at radius 1 is 1.15 bits per heavy atom. The van der Waals surface area contributed by atoms with E-state index in [0.717, 1.165) is 17.2 Å². The molecule has 0 aromatic heterocycles. The van der Waals surface area contributed by atoms with Gasteiger partial charge in [0.25, 0.3) is 0 Å². The number of hydrogen-bond donors (Lipinski definition) is 1. The summed E-state index contributed by atoms with van der Waals surface area (Å²) in [5, 5.41) is 3.91. The first-order valence-electron chi connectivity index (χ1n) is 6.40. The van der Waals surface area contributed by atoms with Gasteiger partial charge in [-0.05, 0) is 37.1 Å². The molecule has 2 rings (SSSR count). The first-order valence-corrected chi connectivity index (χ1v) is 6.78. The molecule has 0 saturated heterocycles. The van der Waals surface area contributed by atoms with Crippen LogP contribution in [0.3, 0.4) is 0 Å². The molecule has 106 valence electrons. The standard InChI is InChI=1S/C16H16ClF2N/c1-10-3-4-12(7-15(10)17)9-20-11(2)14-6-5-13(18)8-16(14)19/h3-8,11,20H,9H2,1-2H3. The molecule has 0 bridgehead atoms. The Morgan fingerprint density at radius 2 is 1.90 bits per heavy atom. The molecule has 0 aliphatic carbocycles. The van der Waals surface area contributed by atoms with Gasteiger partial charge < -0.3 is 5.32 Å². The van der Waals surface area contributed by atoms with Crippen LogP contribution in [0.1, 0.15) is 29.7 Å². The predicted molar refractivity (Wildman–Crippen MR) is 77.8 cm³/mol. The molecule has 0 fully saturated rings. The molecule has 0 spiro atoms. The van der Waals surface area contributed by atoms with Crippen molar-refractivity contribution in [3.8, 4) is 0 Å². The molecular weight excluding hydrogens is 280 g/mol. The Labute approximate surface area is 122 Å². The molecule has 0 radical (unpaired) electrons. The molecule has 0 amide bonds. The molecule has 1 nitrogen and oxygen atoms in total. The summed E-state index contributed by atoms with van der Waals surface area (Å²) in [6.07, 6.45) is 0. The van der Waals surface area contributed by atoms with E-state index < -0.39 is 11.6 Å². The van der Waals surface area contributed by atoms with E-state index >= 15 is 0 Å². The number of rotatable bonds is 4. The maximum atomic E-state index is 13.6. The van der Waals surface area contributed by atoms with Gasteiger partial charge in [0.1, 0.15) is 11.6 Å². The van der Waals surface area contributed by atoms with Gasteiger partial charge in [-0.25, -0.2) is 8.78 Å². The number of halogens is 3. The summed E-state index contributed by atoms with van der Waals surface area (Å²) in [6, 6.07) is 9.22. The second kappa shape index (κ2) is 6.33. The van der Waals surface area contributed by atoms with E-state index in [2.05, 4.69) is 5.32 Å². The van der Waals surface area contributed by atoms with E-state index in [-0.39, 0.29) is 6.04 Å². The molecule has 20 heavy (non-hydrogen) atoms. The number of nitrogens with one attached hydrogen (secondary N) is 1. The molecule has 0 saturated carbocycles. The second-order valence-corrected chi connectivity index (χ2v) is 5.26. The second-order valence-electron chi connectivity index (χ2n) is 4.85. The quantitative estimate of drug-likeness (QED) is 0.856. The molecule has 1 N–H and O–H groups in total. The maximum absolute atomic E-state index is 13.6. The first kappa shape index (κ1) is 14.9. The monoisotopic (exact) mass is 295 g/mol. The van der Waals surface area contributed by atoms with Crippen LogP contribution in [-0.2, 0) is 6.54 Å². The zero-order valence-electron chi connectivity index (χ0n) is 11.4. The van der Waals surface area contributed by atoms with Crippen molar-refractivity contribution in [1.82, 2.24) is 5.32 Å². The maximum Gasteiger partial charge on any atom is 0.130 e. The third-order valence-corrected chi connectivity index (χ3v) is 3.68. The molecule has 0 heterocycles. The van der Waals surface area contributed by atoms with Gasteiger partial charge in [0.15, 0.2) is 0 Å². The van der Waals surface area contributed by atoms with E-state index in [1.165, 1.54) is 12.1 Å². The van der Waals surface area contributed by atoms with Crippen molar-refractivity contribution in [3.63, 3.8) is 0 Å². The topological polar surface area (TPSA) is 12.0 Å². The lowest BCUT2D eigenvalue weighted by atomic mass is 10.1. The molecule has 0 aliphatic heterocycles. The Bertz CT molecular complexity index is 613. The summed E-state index contributed by atoms with van der Waals surface area (Å²) in [6.45, 7) is 4.35. The fraction of sp³-hybridized carbons (Fsp3) is 0.250. The van der Waals surface area contributed by atoms with Gasteiger partial charge in [-0.2, -0.15) is 0 Å². The predicted octanol–water partition coefficient (Wildman–Crippen LogP) is 4.78. The van der Waals surface area contributed by atoms with Crippen molar-refractivity contribution in [1.29, 1.82) is 0 Å². The minimum atomic E-state index is -0.566. The molecular formula is C16H16ClF2N. The highest BCUT2D eigenvalue weighted by molar-refractivity contribution is 6.31. The summed E-state index contributed by atoms with van der Waals surface area (Å²) >= 11 is 6.06. The van der Waals surface area contributed by atoms with E-state index in [1.54, 1.807) is 0 Å².